The molecule has 1 N–H and O–H groups in total. The van der Waals surface area contributed by atoms with Gasteiger partial charge in [0, 0.05) is 36.2 Å². The van der Waals surface area contributed by atoms with Crippen LogP contribution in [-0.4, -0.2) is 54.1 Å². The molecule has 0 aliphatic rings. The number of halogens is 4. The SMILES string of the molecule is OCCN(CCOCC(F)(F)F)Cc1cc(Cl)cc2cccnc12. The van der Waals surface area contributed by atoms with Crippen LogP contribution in [0.2, 0.25) is 5.02 Å². The van der Waals surface area contributed by atoms with Crippen LogP contribution in [0.15, 0.2) is 30.5 Å². The molecule has 1 aromatic carbocycles. The summed E-state index contributed by atoms with van der Waals surface area (Å²) < 4.78 is 40.9. The van der Waals surface area contributed by atoms with E-state index in [1.807, 2.05) is 6.07 Å². The minimum Gasteiger partial charge on any atom is -0.395 e. The molecule has 132 valence electrons. The van der Waals surface area contributed by atoms with Gasteiger partial charge in [0.25, 0.3) is 0 Å². The number of alkyl halides is 3. The Morgan fingerprint density at radius 3 is 2.75 bits per heavy atom. The number of hydrogen-bond acceptors (Lipinski definition) is 4. The van der Waals surface area contributed by atoms with E-state index in [4.69, 9.17) is 16.7 Å². The van der Waals surface area contributed by atoms with E-state index in [9.17, 15) is 13.2 Å². The van der Waals surface area contributed by atoms with Crippen molar-refractivity contribution in [3.63, 3.8) is 0 Å². The number of hydrogen-bond donors (Lipinski definition) is 1. The molecule has 2 rings (SSSR count). The lowest BCUT2D eigenvalue weighted by Gasteiger charge is -2.22. The summed E-state index contributed by atoms with van der Waals surface area (Å²) in [7, 11) is 0. The van der Waals surface area contributed by atoms with Gasteiger partial charge in [0.2, 0.25) is 0 Å². The minimum absolute atomic E-state index is 0.0779. The van der Waals surface area contributed by atoms with E-state index in [0.717, 1.165) is 16.5 Å². The Labute approximate surface area is 142 Å². The Morgan fingerprint density at radius 2 is 2.04 bits per heavy atom. The van der Waals surface area contributed by atoms with Crippen molar-refractivity contribution in [2.75, 3.05) is 32.9 Å². The summed E-state index contributed by atoms with van der Waals surface area (Å²) in [6.07, 6.45) is -2.67. The number of fused-ring (bicyclic) bond motifs is 1. The van der Waals surface area contributed by atoms with E-state index in [1.165, 1.54) is 0 Å². The highest BCUT2D eigenvalue weighted by Crippen LogP contribution is 2.23. The van der Waals surface area contributed by atoms with Crippen LogP contribution in [0.1, 0.15) is 5.56 Å². The Bertz CT molecular complexity index is 667. The molecule has 1 heterocycles. The van der Waals surface area contributed by atoms with Gasteiger partial charge < -0.3 is 9.84 Å². The van der Waals surface area contributed by atoms with Crippen molar-refractivity contribution in [2.45, 2.75) is 12.7 Å². The Kier molecular flexibility index (Phi) is 6.79. The molecule has 0 fully saturated rings. The Hall–Kier alpha value is -1.41. The van der Waals surface area contributed by atoms with Crippen molar-refractivity contribution in [1.82, 2.24) is 9.88 Å². The minimum atomic E-state index is -4.34. The van der Waals surface area contributed by atoms with Gasteiger partial charge in [-0.05, 0) is 23.8 Å². The third-order valence-electron chi connectivity index (χ3n) is 3.38. The zero-order valence-electron chi connectivity index (χ0n) is 12.9. The fourth-order valence-electron chi connectivity index (χ4n) is 2.38. The predicted molar refractivity (Wildman–Crippen MR) is 86.0 cm³/mol. The molecule has 24 heavy (non-hydrogen) atoms. The number of aliphatic hydroxyl groups is 1. The van der Waals surface area contributed by atoms with Gasteiger partial charge in [-0.2, -0.15) is 13.2 Å². The molecule has 0 saturated carbocycles. The lowest BCUT2D eigenvalue weighted by Crippen LogP contribution is -2.31. The third-order valence-corrected chi connectivity index (χ3v) is 3.59. The Morgan fingerprint density at radius 1 is 1.25 bits per heavy atom. The molecule has 0 bridgehead atoms. The van der Waals surface area contributed by atoms with Gasteiger partial charge in [0.05, 0.1) is 18.7 Å². The maximum absolute atomic E-state index is 12.1. The highest BCUT2D eigenvalue weighted by molar-refractivity contribution is 6.31. The summed E-state index contributed by atoms with van der Waals surface area (Å²) in [6.45, 7) is -0.476. The second kappa shape index (κ2) is 8.62. The smallest absolute Gasteiger partial charge is 0.395 e. The molecular weight excluding hydrogens is 345 g/mol. The topological polar surface area (TPSA) is 45.6 Å². The molecule has 0 spiro atoms. The summed E-state index contributed by atoms with van der Waals surface area (Å²) >= 11 is 6.12. The molecule has 0 unspecified atom stereocenters. The molecule has 0 radical (unpaired) electrons. The molecule has 0 atom stereocenters. The molecule has 8 heteroatoms. The largest absolute Gasteiger partial charge is 0.411 e. The summed E-state index contributed by atoms with van der Waals surface area (Å²) in [6, 6.07) is 7.27. The summed E-state index contributed by atoms with van der Waals surface area (Å²) in [5, 5.41) is 10.6. The Balaban J connectivity index is 2.05. The maximum Gasteiger partial charge on any atom is 0.411 e. The van der Waals surface area contributed by atoms with E-state index < -0.39 is 12.8 Å². The average Bonchev–Trinajstić information content (AvgIpc) is 2.50. The lowest BCUT2D eigenvalue weighted by atomic mass is 10.1. The summed E-state index contributed by atoms with van der Waals surface area (Å²) in [5.41, 5.74) is 1.63. The van der Waals surface area contributed by atoms with E-state index in [0.29, 0.717) is 18.1 Å². The molecular formula is C16H18ClF3N2O2. The number of ether oxygens (including phenoxy) is 1. The first-order chi connectivity index (χ1) is 11.4. The van der Waals surface area contributed by atoms with Gasteiger partial charge in [-0.1, -0.05) is 17.7 Å². The van der Waals surface area contributed by atoms with Gasteiger partial charge in [0.1, 0.15) is 6.61 Å². The van der Waals surface area contributed by atoms with Crippen LogP contribution in [0, 0.1) is 0 Å². The van der Waals surface area contributed by atoms with Gasteiger partial charge in [-0.25, -0.2) is 0 Å². The highest BCUT2D eigenvalue weighted by atomic mass is 35.5. The highest BCUT2D eigenvalue weighted by Gasteiger charge is 2.27. The van der Waals surface area contributed by atoms with Crippen LogP contribution >= 0.6 is 11.6 Å². The quantitative estimate of drug-likeness (QED) is 0.732. The molecule has 1 aromatic heterocycles. The van der Waals surface area contributed by atoms with E-state index in [1.54, 1.807) is 29.3 Å². The fourth-order valence-corrected chi connectivity index (χ4v) is 2.63. The second-order valence-corrected chi connectivity index (χ2v) is 5.74. The van der Waals surface area contributed by atoms with Crippen LogP contribution in [0.25, 0.3) is 10.9 Å². The second-order valence-electron chi connectivity index (χ2n) is 5.31. The monoisotopic (exact) mass is 362 g/mol. The number of aliphatic hydroxyl groups excluding tert-OH is 1. The van der Waals surface area contributed by atoms with E-state index >= 15 is 0 Å². The molecule has 0 amide bonds. The molecule has 0 aliphatic heterocycles. The van der Waals surface area contributed by atoms with Crippen LogP contribution < -0.4 is 0 Å². The lowest BCUT2D eigenvalue weighted by molar-refractivity contribution is -0.174. The number of benzene rings is 1. The fraction of sp³-hybridized carbons (Fsp3) is 0.438. The summed E-state index contributed by atoms with van der Waals surface area (Å²) in [4.78, 5) is 6.14. The first kappa shape index (κ1) is 18.9. The van der Waals surface area contributed by atoms with Crippen LogP contribution in [0.5, 0.6) is 0 Å². The van der Waals surface area contributed by atoms with Crippen molar-refractivity contribution in [2.24, 2.45) is 0 Å². The molecule has 4 nitrogen and oxygen atoms in total. The first-order valence-corrected chi connectivity index (χ1v) is 7.78. The van der Waals surface area contributed by atoms with Crippen LogP contribution in [0.4, 0.5) is 13.2 Å². The third kappa shape index (κ3) is 5.90. The van der Waals surface area contributed by atoms with Crippen LogP contribution in [-0.2, 0) is 11.3 Å². The number of aromatic nitrogens is 1. The predicted octanol–water partition coefficient (Wildman–Crippen LogP) is 3.26. The summed E-state index contributed by atoms with van der Waals surface area (Å²) in [5.74, 6) is 0. The van der Waals surface area contributed by atoms with Crippen molar-refractivity contribution in [3.05, 3.63) is 41.0 Å². The zero-order valence-corrected chi connectivity index (χ0v) is 13.6. The maximum atomic E-state index is 12.1. The van der Waals surface area contributed by atoms with E-state index in [2.05, 4.69) is 9.72 Å². The van der Waals surface area contributed by atoms with Gasteiger partial charge in [-0.15, -0.1) is 0 Å². The standard InChI is InChI=1S/C16H18ClF3N2O2/c17-14-8-12-2-1-3-21-15(12)13(9-14)10-22(4-6-23)5-7-24-11-16(18,19)20/h1-3,8-9,23H,4-7,10-11H2. The molecule has 0 aliphatic carbocycles. The molecule has 0 saturated heterocycles. The average molecular weight is 363 g/mol. The number of pyridine rings is 1. The molecule has 2 aromatic rings. The number of nitrogens with zero attached hydrogens (tertiary/aromatic N) is 2. The normalized spacial score (nSPS) is 12.2. The first-order valence-electron chi connectivity index (χ1n) is 7.40. The van der Waals surface area contributed by atoms with E-state index in [-0.39, 0.29) is 19.8 Å². The van der Waals surface area contributed by atoms with Gasteiger partial charge in [-0.3, -0.25) is 9.88 Å². The van der Waals surface area contributed by atoms with Crippen LogP contribution in [0.3, 0.4) is 0 Å². The van der Waals surface area contributed by atoms with Crippen molar-refractivity contribution < 1.29 is 23.0 Å². The van der Waals surface area contributed by atoms with Gasteiger partial charge in [0.15, 0.2) is 0 Å². The zero-order chi connectivity index (χ0) is 17.6. The van der Waals surface area contributed by atoms with Crippen molar-refractivity contribution >= 4 is 22.5 Å². The van der Waals surface area contributed by atoms with Crippen molar-refractivity contribution in [1.29, 1.82) is 0 Å². The number of rotatable bonds is 8. The van der Waals surface area contributed by atoms with Crippen molar-refractivity contribution in [3.8, 4) is 0 Å². The van der Waals surface area contributed by atoms with Gasteiger partial charge >= 0.3 is 6.18 Å².